The van der Waals surface area contributed by atoms with Gasteiger partial charge in [0.1, 0.15) is 6.54 Å². The van der Waals surface area contributed by atoms with Crippen LogP contribution < -0.4 is 10.2 Å². The van der Waals surface area contributed by atoms with Crippen LogP contribution in [0.2, 0.25) is 0 Å². The third-order valence-corrected chi connectivity index (χ3v) is 4.46. The van der Waals surface area contributed by atoms with Crippen molar-refractivity contribution < 1.29 is 9.69 Å². The Kier molecular flexibility index (Phi) is 6.16. The average molecular weight is 362 g/mol. The SMILES string of the molecule is Cc1cc(NC(=O)CC[NH+](C)Cc2ccccc2)ccc1Br. The molecule has 0 aliphatic carbocycles. The van der Waals surface area contributed by atoms with Gasteiger partial charge in [0.05, 0.1) is 20.0 Å². The molecule has 2 aromatic carbocycles. The number of hydrogen-bond acceptors (Lipinski definition) is 1. The number of quaternary nitrogens is 1. The lowest BCUT2D eigenvalue weighted by molar-refractivity contribution is -0.893. The summed E-state index contributed by atoms with van der Waals surface area (Å²) in [4.78, 5) is 13.4. The normalized spacial score (nSPS) is 12.0. The summed E-state index contributed by atoms with van der Waals surface area (Å²) < 4.78 is 1.05. The Labute approximate surface area is 140 Å². The Morgan fingerprint density at radius 3 is 2.59 bits per heavy atom. The molecule has 2 aromatic rings. The number of hydrogen-bond donors (Lipinski definition) is 2. The second kappa shape index (κ2) is 8.11. The molecule has 1 amide bonds. The molecule has 0 spiro atoms. The van der Waals surface area contributed by atoms with Crippen LogP contribution in [0.4, 0.5) is 5.69 Å². The summed E-state index contributed by atoms with van der Waals surface area (Å²) >= 11 is 3.46. The van der Waals surface area contributed by atoms with E-state index < -0.39 is 0 Å². The van der Waals surface area contributed by atoms with Crippen LogP contribution in [0.15, 0.2) is 53.0 Å². The summed E-state index contributed by atoms with van der Waals surface area (Å²) in [5.41, 5.74) is 3.26. The molecule has 2 N–H and O–H groups in total. The standard InChI is InChI=1S/C18H21BrN2O/c1-14-12-16(8-9-17(14)19)20-18(22)10-11-21(2)13-15-6-4-3-5-7-15/h3-9,12H,10-11,13H2,1-2H3,(H,20,22)/p+1. The van der Waals surface area contributed by atoms with Gasteiger partial charge in [-0.15, -0.1) is 0 Å². The summed E-state index contributed by atoms with van der Waals surface area (Å²) in [6.07, 6.45) is 0.522. The molecule has 116 valence electrons. The Hall–Kier alpha value is -1.65. The Balaban J connectivity index is 1.78. The van der Waals surface area contributed by atoms with Crippen molar-refractivity contribution in [2.24, 2.45) is 0 Å². The molecular weight excluding hydrogens is 340 g/mol. The van der Waals surface area contributed by atoms with Gasteiger partial charge < -0.3 is 10.2 Å². The van der Waals surface area contributed by atoms with E-state index in [-0.39, 0.29) is 5.91 Å². The monoisotopic (exact) mass is 361 g/mol. The first-order valence-electron chi connectivity index (χ1n) is 7.46. The van der Waals surface area contributed by atoms with Crippen LogP contribution in [0, 0.1) is 6.92 Å². The number of carbonyl (C=O) groups excluding carboxylic acids is 1. The van der Waals surface area contributed by atoms with Crippen LogP contribution in [0.5, 0.6) is 0 Å². The molecule has 0 aromatic heterocycles. The van der Waals surface area contributed by atoms with Crippen LogP contribution in [-0.4, -0.2) is 19.5 Å². The summed E-state index contributed by atoms with van der Waals surface area (Å²) in [5.74, 6) is 0.0640. The number of benzene rings is 2. The van der Waals surface area contributed by atoms with Gasteiger partial charge in [0.2, 0.25) is 5.91 Å². The summed E-state index contributed by atoms with van der Waals surface area (Å²) in [6.45, 7) is 3.76. The topological polar surface area (TPSA) is 33.5 Å². The van der Waals surface area contributed by atoms with Gasteiger partial charge in [0, 0.05) is 15.7 Å². The number of nitrogens with one attached hydrogen (secondary N) is 2. The maximum Gasteiger partial charge on any atom is 0.230 e. The number of aryl methyl sites for hydroxylation is 1. The van der Waals surface area contributed by atoms with Gasteiger partial charge in [-0.25, -0.2) is 0 Å². The van der Waals surface area contributed by atoms with Gasteiger partial charge in [-0.05, 0) is 30.7 Å². The van der Waals surface area contributed by atoms with Gasteiger partial charge in [0.15, 0.2) is 0 Å². The van der Waals surface area contributed by atoms with Crippen LogP contribution in [0.3, 0.4) is 0 Å². The molecular formula is C18H22BrN2O+. The summed E-state index contributed by atoms with van der Waals surface area (Å²) in [5, 5.41) is 2.96. The van der Waals surface area contributed by atoms with Gasteiger partial charge in [-0.1, -0.05) is 46.3 Å². The van der Waals surface area contributed by atoms with E-state index in [1.54, 1.807) is 0 Å². The molecule has 1 atom stereocenters. The lowest BCUT2D eigenvalue weighted by Crippen LogP contribution is -3.07. The van der Waals surface area contributed by atoms with Crippen molar-refractivity contribution in [3.8, 4) is 0 Å². The molecule has 0 saturated heterocycles. The van der Waals surface area contributed by atoms with Crippen LogP contribution in [0.1, 0.15) is 17.5 Å². The van der Waals surface area contributed by atoms with Crippen molar-refractivity contribution in [1.29, 1.82) is 0 Å². The van der Waals surface area contributed by atoms with Crippen LogP contribution in [0.25, 0.3) is 0 Å². The van der Waals surface area contributed by atoms with E-state index in [9.17, 15) is 4.79 Å². The zero-order valence-corrected chi connectivity index (χ0v) is 14.6. The van der Waals surface area contributed by atoms with Crippen molar-refractivity contribution in [2.75, 3.05) is 18.9 Å². The number of carbonyl (C=O) groups is 1. The first-order valence-corrected chi connectivity index (χ1v) is 8.25. The van der Waals surface area contributed by atoms with E-state index in [4.69, 9.17) is 0 Å². The second-order valence-electron chi connectivity index (χ2n) is 5.63. The number of amides is 1. The molecule has 0 radical (unpaired) electrons. The third kappa shape index (κ3) is 5.28. The van der Waals surface area contributed by atoms with E-state index in [0.29, 0.717) is 6.42 Å². The predicted octanol–water partition coefficient (Wildman–Crippen LogP) is 2.80. The zero-order chi connectivity index (χ0) is 15.9. The largest absolute Gasteiger partial charge is 0.333 e. The fraction of sp³-hybridized carbons (Fsp3) is 0.278. The smallest absolute Gasteiger partial charge is 0.230 e. The van der Waals surface area contributed by atoms with Crippen molar-refractivity contribution in [3.05, 3.63) is 64.1 Å². The van der Waals surface area contributed by atoms with Crippen molar-refractivity contribution in [1.82, 2.24) is 0 Å². The van der Waals surface area contributed by atoms with Crippen molar-refractivity contribution in [3.63, 3.8) is 0 Å². The maximum absolute atomic E-state index is 12.0. The first kappa shape index (κ1) is 16.7. The third-order valence-electron chi connectivity index (χ3n) is 3.57. The number of anilines is 1. The van der Waals surface area contributed by atoms with Crippen LogP contribution in [-0.2, 0) is 11.3 Å². The zero-order valence-electron chi connectivity index (χ0n) is 13.0. The van der Waals surface area contributed by atoms with Gasteiger partial charge in [0.25, 0.3) is 0 Å². The summed E-state index contributed by atoms with van der Waals surface area (Å²) in [7, 11) is 2.12. The molecule has 0 fully saturated rings. The highest BCUT2D eigenvalue weighted by atomic mass is 79.9. The fourth-order valence-corrected chi connectivity index (χ4v) is 2.55. The van der Waals surface area contributed by atoms with Gasteiger partial charge in [-0.2, -0.15) is 0 Å². The molecule has 0 heterocycles. The highest BCUT2D eigenvalue weighted by Crippen LogP contribution is 2.19. The molecule has 3 nitrogen and oxygen atoms in total. The lowest BCUT2D eigenvalue weighted by atomic mass is 10.2. The number of rotatable bonds is 6. The Morgan fingerprint density at radius 2 is 1.91 bits per heavy atom. The summed E-state index contributed by atoms with van der Waals surface area (Å²) in [6, 6.07) is 16.2. The highest BCUT2D eigenvalue weighted by molar-refractivity contribution is 9.10. The van der Waals surface area contributed by atoms with E-state index in [2.05, 4.69) is 40.4 Å². The second-order valence-corrected chi connectivity index (χ2v) is 6.49. The van der Waals surface area contributed by atoms with E-state index in [1.165, 1.54) is 10.5 Å². The minimum Gasteiger partial charge on any atom is -0.333 e. The quantitative estimate of drug-likeness (QED) is 0.814. The minimum absolute atomic E-state index is 0.0640. The molecule has 0 saturated carbocycles. The molecule has 0 aliphatic heterocycles. The molecule has 0 aliphatic rings. The predicted molar refractivity (Wildman–Crippen MR) is 94.0 cm³/mol. The number of halogens is 1. The first-order chi connectivity index (χ1) is 10.5. The average Bonchev–Trinajstić information content (AvgIpc) is 2.50. The highest BCUT2D eigenvalue weighted by Gasteiger charge is 2.09. The molecule has 22 heavy (non-hydrogen) atoms. The lowest BCUT2D eigenvalue weighted by Gasteiger charge is -2.14. The van der Waals surface area contributed by atoms with E-state index >= 15 is 0 Å². The van der Waals surface area contributed by atoms with E-state index in [0.717, 1.165) is 28.8 Å². The molecule has 1 unspecified atom stereocenters. The Morgan fingerprint density at radius 1 is 1.18 bits per heavy atom. The van der Waals surface area contributed by atoms with E-state index in [1.807, 2.05) is 43.3 Å². The molecule has 0 bridgehead atoms. The Bertz CT molecular complexity index is 628. The maximum atomic E-state index is 12.0. The minimum atomic E-state index is 0.0640. The van der Waals surface area contributed by atoms with Gasteiger partial charge in [-0.3, -0.25) is 4.79 Å². The van der Waals surface area contributed by atoms with Crippen molar-refractivity contribution >= 4 is 27.5 Å². The molecule has 4 heteroatoms. The van der Waals surface area contributed by atoms with Crippen molar-refractivity contribution in [2.45, 2.75) is 19.9 Å². The molecule has 2 rings (SSSR count). The fourth-order valence-electron chi connectivity index (χ4n) is 2.31. The van der Waals surface area contributed by atoms with Gasteiger partial charge >= 0.3 is 0 Å². The van der Waals surface area contributed by atoms with Crippen LogP contribution >= 0.6 is 15.9 Å².